The van der Waals surface area contributed by atoms with Crippen LogP contribution >= 0.6 is 11.3 Å². The molecule has 25 heavy (non-hydrogen) atoms. The van der Waals surface area contributed by atoms with E-state index in [-0.39, 0.29) is 17.8 Å². The molecule has 1 unspecified atom stereocenters. The molecule has 0 bridgehead atoms. The van der Waals surface area contributed by atoms with Gasteiger partial charge in [-0.1, -0.05) is 31.0 Å². The predicted octanol–water partition coefficient (Wildman–Crippen LogP) is 4.12. The van der Waals surface area contributed by atoms with E-state index in [9.17, 15) is 9.18 Å². The summed E-state index contributed by atoms with van der Waals surface area (Å²) in [7, 11) is 4.06. The van der Waals surface area contributed by atoms with Crippen LogP contribution in [0.4, 0.5) is 4.39 Å². The number of carbonyl (C=O) groups excluding carboxylic acids is 1. The van der Waals surface area contributed by atoms with E-state index in [1.165, 1.54) is 17.0 Å². The molecule has 1 aliphatic carbocycles. The molecule has 3 nitrogen and oxygen atoms in total. The lowest BCUT2D eigenvalue weighted by Gasteiger charge is -2.30. The Labute approximate surface area is 152 Å². The van der Waals surface area contributed by atoms with Crippen molar-refractivity contribution < 1.29 is 9.18 Å². The molecule has 0 saturated heterocycles. The highest BCUT2D eigenvalue weighted by atomic mass is 32.1. The summed E-state index contributed by atoms with van der Waals surface area (Å²) in [5.41, 5.74) is 0.418. The van der Waals surface area contributed by atoms with Crippen LogP contribution in [0.3, 0.4) is 0 Å². The van der Waals surface area contributed by atoms with Crippen LogP contribution in [0.25, 0.3) is 0 Å². The maximum atomic E-state index is 13.3. The van der Waals surface area contributed by atoms with Crippen molar-refractivity contribution in [1.29, 1.82) is 0 Å². The van der Waals surface area contributed by atoms with Gasteiger partial charge in [0.05, 0.1) is 11.5 Å². The third-order valence-corrected chi connectivity index (χ3v) is 6.21. The Balaban J connectivity index is 1.76. The maximum Gasteiger partial charge on any atom is 0.230 e. The van der Waals surface area contributed by atoms with Crippen LogP contribution in [0.5, 0.6) is 0 Å². The van der Waals surface area contributed by atoms with Gasteiger partial charge in [-0.05, 0) is 56.1 Å². The highest BCUT2D eigenvalue weighted by molar-refractivity contribution is 7.10. The Morgan fingerprint density at radius 2 is 1.92 bits per heavy atom. The van der Waals surface area contributed by atoms with Crippen molar-refractivity contribution in [2.24, 2.45) is 0 Å². The lowest BCUT2D eigenvalue weighted by Crippen LogP contribution is -2.45. The highest BCUT2D eigenvalue weighted by Gasteiger charge is 2.42. The fraction of sp³-hybridized carbons (Fsp3) is 0.450. The van der Waals surface area contributed by atoms with E-state index in [0.717, 1.165) is 31.2 Å². The minimum absolute atomic E-state index is 0.0695. The van der Waals surface area contributed by atoms with Crippen molar-refractivity contribution in [1.82, 2.24) is 10.2 Å². The van der Waals surface area contributed by atoms with Gasteiger partial charge in [0.15, 0.2) is 0 Å². The van der Waals surface area contributed by atoms with Gasteiger partial charge in [-0.3, -0.25) is 4.79 Å². The Morgan fingerprint density at radius 1 is 1.24 bits per heavy atom. The number of amides is 1. The standard InChI is InChI=1S/C20H25FN2OS/c1-23(2)17(18-6-5-13-25-18)14-22-19(24)20(11-3-4-12-20)15-7-9-16(21)10-8-15/h5-10,13,17H,3-4,11-12,14H2,1-2H3,(H,22,24). The second-order valence-electron chi connectivity index (χ2n) is 7.00. The van der Waals surface area contributed by atoms with Gasteiger partial charge < -0.3 is 10.2 Å². The van der Waals surface area contributed by atoms with Gasteiger partial charge in [0.25, 0.3) is 0 Å². The summed E-state index contributed by atoms with van der Waals surface area (Å²) >= 11 is 1.71. The summed E-state index contributed by atoms with van der Waals surface area (Å²) in [5.74, 6) is -0.192. The van der Waals surface area contributed by atoms with Gasteiger partial charge in [-0.25, -0.2) is 4.39 Å². The number of nitrogens with zero attached hydrogens (tertiary/aromatic N) is 1. The second kappa shape index (κ2) is 7.67. The first-order chi connectivity index (χ1) is 12.0. The average molecular weight is 360 g/mol. The van der Waals surface area contributed by atoms with Crippen molar-refractivity contribution >= 4 is 17.2 Å². The predicted molar refractivity (Wildman–Crippen MR) is 100 cm³/mol. The Kier molecular flexibility index (Phi) is 5.54. The van der Waals surface area contributed by atoms with Crippen LogP contribution in [0, 0.1) is 5.82 Å². The molecule has 1 heterocycles. The third-order valence-electron chi connectivity index (χ3n) is 5.24. The van der Waals surface area contributed by atoms with E-state index in [0.29, 0.717) is 6.54 Å². The molecule has 3 rings (SSSR count). The summed E-state index contributed by atoms with van der Waals surface area (Å²) in [4.78, 5) is 16.5. The molecule has 0 radical (unpaired) electrons. The fourth-order valence-corrected chi connectivity index (χ4v) is 4.69. The minimum atomic E-state index is -0.514. The minimum Gasteiger partial charge on any atom is -0.353 e. The molecule has 1 saturated carbocycles. The van der Waals surface area contributed by atoms with Gasteiger partial charge in [-0.2, -0.15) is 0 Å². The molecule has 1 atom stereocenters. The number of benzene rings is 1. The van der Waals surface area contributed by atoms with Crippen molar-refractivity contribution in [3.05, 3.63) is 58.0 Å². The summed E-state index contributed by atoms with van der Waals surface area (Å²) in [6.45, 7) is 0.579. The number of thiophene rings is 1. The van der Waals surface area contributed by atoms with Gasteiger partial charge in [-0.15, -0.1) is 11.3 Å². The van der Waals surface area contributed by atoms with Crippen molar-refractivity contribution in [2.45, 2.75) is 37.1 Å². The molecule has 1 fully saturated rings. The average Bonchev–Trinajstić information content (AvgIpc) is 3.28. The van der Waals surface area contributed by atoms with E-state index < -0.39 is 5.41 Å². The number of likely N-dealkylation sites (N-methyl/N-ethyl adjacent to an activating group) is 1. The van der Waals surface area contributed by atoms with E-state index in [1.54, 1.807) is 23.5 Å². The number of halogens is 1. The van der Waals surface area contributed by atoms with Crippen molar-refractivity contribution in [3.63, 3.8) is 0 Å². The van der Waals surface area contributed by atoms with Crippen LogP contribution in [-0.4, -0.2) is 31.4 Å². The third kappa shape index (κ3) is 3.77. The van der Waals surface area contributed by atoms with E-state index >= 15 is 0 Å². The first-order valence-corrected chi connectivity index (χ1v) is 9.65. The molecular weight excluding hydrogens is 335 g/mol. The molecule has 1 aliphatic rings. The zero-order valence-corrected chi connectivity index (χ0v) is 15.6. The van der Waals surface area contributed by atoms with Crippen LogP contribution in [0.2, 0.25) is 0 Å². The lowest BCUT2D eigenvalue weighted by molar-refractivity contribution is -0.126. The molecule has 1 aromatic heterocycles. The van der Waals surface area contributed by atoms with Gasteiger partial charge in [0, 0.05) is 11.4 Å². The van der Waals surface area contributed by atoms with Gasteiger partial charge in [0.2, 0.25) is 5.91 Å². The molecule has 2 aromatic rings. The molecule has 0 aliphatic heterocycles. The largest absolute Gasteiger partial charge is 0.353 e. The number of nitrogens with one attached hydrogen (secondary N) is 1. The fourth-order valence-electron chi connectivity index (χ4n) is 3.77. The van der Waals surface area contributed by atoms with E-state index in [1.807, 2.05) is 20.2 Å². The summed E-state index contributed by atoms with van der Waals surface area (Å²) in [6.07, 6.45) is 3.73. The van der Waals surface area contributed by atoms with Crippen molar-refractivity contribution in [3.8, 4) is 0 Å². The zero-order chi connectivity index (χ0) is 17.9. The Hall–Kier alpha value is -1.72. The number of carbonyl (C=O) groups is 1. The molecular formula is C20H25FN2OS. The first kappa shape index (κ1) is 18.1. The first-order valence-electron chi connectivity index (χ1n) is 8.77. The molecule has 1 aromatic carbocycles. The summed E-state index contributed by atoms with van der Waals surface area (Å²) in [6, 6.07) is 10.7. The zero-order valence-electron chi connectivity index (χ0n) is 14.8. The Morgan fingerprint density at radius 3 is 2.48 bits per heavy atom. The number of rotatable bonds is 6. The monoisotopic (exact) mass is 360 g/mol. The van der Waals surface area contributed by atoms with Crippen LogP contribution in [0.15, 0.2) is 41.8 Å². The second-order valence-corrected chi connectivity index (χ2v) is 7.98. The van der Waals surface area contributed by atoms with Crippen molar-refractivity contribution in [2.75, 3.05) is 20.6 Å². The molecule has 134 valence electrons. The SMILES string of the molecule is CN(C)C(CNC(=O)C1(c2ccc(F)cc2)CCCC1)c1cccs1. The van der Waals surface area contributed by atoms with Crippen LogP contribution < -0.4 is 5.32 Å². The van der Waals surface area contributed by atoms with Gasteiger partial charge in [0.1, 0.15) is 5.82 Å². The molecule has 1 N–H and O–H groups in total. The lowest BCUT2D eigenvalue weighted by atomic mass is 9.78. The quantitative estimate of drug-likeness (QED) is 0.840. The Bertz CT molecular complexity index is 691. The summed E-state index contributed by atoms with van der Waals surface area (Å²) in [5, 5.41) is 5.24. The topological polar surface area (TPSA) is 32.3 Å². The molecule has 1 amide bonds. The van der Waals surface area contributed by atoms with E-state index in [4.69, 9.17) is 0 Å². The summed E-state index contributed by atoms with van der Waals surface area (Å²) < 4.78 is 13.3. The normalized spacial score (nSPS) is 17.6. The van der Waals surface area contributed by atoms with Crippen LogP contribution in [-0.2, 0) is 10.2 Å². The molecule has 0 spiro atoms. The highest BCUT2D eigenvalue weighted by Crippen LogP contribution is 2.41. The number of hydrogen-bond acceptors (Lipinski definition) is 3. The van der Waals surface area contributed by atoms with E-state index in [2.05, 4.69) is 21.7 Å². The maximum absolute atomic E-state index is 13.3. The molecule has 5 heteroatoms. The number of hydrogen-bond donors (Lipinski definition) is 1. The van der Waals surface area contributed by atoms with Crippen LogP contribution in [0.1, 0.15) is 42.2 Å². The smallest absolute Gasteiger partial charge is 0.230 e. The van der Waals surface area contributed by atoms with Gasteiger partial charge >= 0.3 is 0 Å².